The number of benzene rings is 1. The maximum atomic E-state index is 14.2. The van der Waals surface area contributed by atoms with Crippen molar-refractivity contribution in [3.63, 3.8) is 0 Å². The number of likely N-dealkylation sites (tertiary alicyclic amines) is 1. The number of hydrogen-bond acceptors (Lipinski definition) is 4. The molecule has 0 aliphatic carbocycles. The van der Waals surface area contributed by atoms with Crippen LogP contribution in [0.4, 0.5) is 4.39 Å². The predicted octanol–water partition coefficient (Wildman–Crippen LogP) is 1.11. The van der Waals surface area contributed by atoms with Crippen LogP contribution >= 0.6 is 0 Å². The maximum Gasteiger partial charge on any atom is 0.343 e. The minimum atomic E-state index is -3.69. The first-order valence-electron chi connectivity index (χ1n) is 8.50. The number of aliphatic carboxylic acids is 1. The first kappa shape index (κ1) is 18.8. The molecule has 0 saturated carbocycles. The fourth-order valence-electron chi connectivity index (χ4n) is 3.50. The van der Waals surface area contributed by atoms with Crippen LogP contribution in [-0.4, -0.2) is 66.5 Å². The van der Waals surface area contributed by atoms with Crippen molar-refractivity contribution >= 4 is 21.9 Å². The lowest BCUT2D eigenvalue weighted by atomic mass is 9.98. The van der Waals surface area contributed by atoms with Crippen LogP contribution in [0.3, 0.4) is 0 Å². The molecule has 2 heterocycles. The highest BCUT2D eigenvalue weighted by molar-refractivity contribution is 7.89. The lowest BCUT2D eigenvalue weighted by molar-refractivity contribution is -0.150. The molecular weight excluding hydrogens is 363 g/mol. The number of nitrogens with zero attached hydrogens (tertiary/aromatic N) is 2. The third-order valence-electron chi connectivity index (χ3n) is 5.03. The zero-order valence-electron chi connectivity index (χ0n) is 14.2. The average molecular weight is 384 g/mol. The summed E-state index contributed by atoms with van der Waals surface area (Å²) in [5.74, 6) is -2.53. The van der Waals surface area contributed by atoms with Crippen LogP contribution in [0.1, 0.15) is 19.3 Å². The Bertz CT molecular complexity index is 801. The third-order valence-corrected chi connectivity index (χ3v) is 6.91. The van der Waals surface area contributed by atoms with E-state index in [1.165, 1.54) is 21.3 Å². The molecule has 2 aliphatic rings. The molecule has 0 aromatic heterocycles. The van der Waals surface area contributed by atoms with Gasteiger partial charge in [-0.1, -0.05) is 18.2 Å². The Morgan fingerprint density at radius 2 is 1.88 bits per heavy atom. The van der Waals surface area contributed by atoms with E-state index in [9.17, 15) is 22.4 Å². The molecule has 3 rings (SSSR count). The quantitative estimate of drug-likeness (QED) is 0.839. The van der Waals surface area contributed by atoms with E-state index in [0.717, 1.165) is 0 Å². The Morgan fingerprint density at radius 3 is 2.50 bits per heavy atom. The molecule has 0 bridgehead atoms. The van der Waals surface area contributed by atoms with Gasteiger partial charge in [0.15, 0.2) is 0 Å². The van der Waals surface area contributed by atoms with Crippen molar-refractivity contribution < 1.29 is 27.5 Å². The summed E-state index contributed by atoms with van der Waals surface area (Å²) in [6, 6.07) is 8.00. The number of carbonyl (C=O) groups excluding carboxylic acids is 1. The van der Waals surface area contributed by atoms with Gasteiger partial charge in [-0.25, -0.2) is 17.6 Å². The topological polar surface area (TPSA) is 95.0 Å². The number of piperidine rings is 1. The van der Waals surface area contributed by atoms with Gasteiger partial charge in [0.1, 0.15) is 0 Å². The number of carbonyl (C=O) groups is 2. The van der Waals surface area contributed by atoms with E-state index in [1.807, 2.05) is 0 Å². The second-order valence-corrected chi connectivity index (χ2v) is 8.73. The summed E-state index contributed by atoms with van der Waals surface area (Å²) in [5, 5.41) is 8.96. The SMILES string of the molecule is O=C(C1CCCN(S(=O)(=O)c2ccccc2)C1)N1CCC(F)(C(=O)O)C1. The molecule has 2 fully saturated rings. The smallest absolute Gasteiger partial charge is 0.343 e. The minimum absolute atomic E-state index is 0.0267. The number of hydrogen-bond donors (Lipinski definition) is 1. The first-order chi connectivity index (χ1) is 12.2. The summed E-state index contributed by atoms with van der Waals surface area (Å²) in [6.45, 7) is -0.102. The lowest BCUT2D eigenvalue weighted by Gasteiger charge is -2.33. The molecule has 9 heteroatoms. The van der Waals surface area contributed by atoms with Crippen LogP contribution in [0, 0.1) is 5.92 Å². The fraction of sp³-hybridized carbons (Fsp3) is 0.529. The van der Waals surface area contributed by atoms with Gasteiger partial charge in [0.25, 0.3) is 0 Å². The van der Waals surface area contributed by atoms with Gasteiger partial charge in [-0.15, -0.1) is 0 Å². The third kappa shape index (κ3) is 3.45. The second-order valence-electron chi connectivity index (χ2n) is 6.80. The number of amides is 1. The molecule has 142 valence electrons. The van der Waals surface area contributed by atoms with E-state index in [-0.39, 0.29) is 30.3 Å². The standard InChI is InChI=1S/C17H21FN2O5S/c18-17(16(22)23)8-10-19(12-17)15(21)13-5-4-9-20(11-13)26(24,25)14-6-2-1-3-7-14/h1-3,6-7,13H,4-5,8-12H2,(H,22,23). The molecule has 0 radical (unpaired) electrons. The Hall–Kier alpha value is -2.00. The van der Waals surface area contributed by atoms with E-state index >= 15 is 0 Å². The predicted molar refractivity (Wildman–Crippen MR) is 90.6 cm³/mol. The molecule has 1 amide bonds. The number of halogens is 1. The highest BCUT2D eigenvalue weighted by atomic mass is 32.2. The van der Waals surface area contributed by atoms with Gasteiger partial charge in [-0.05, 0) is 25.0 Å². The van der Waals surface area contributed by atoms with Gasteiger partial charge in [-0.3, -0.25) is 4.79 Å². The summed E-state index contributed by atoms with van der Waals surface area (Å²) in [6.07, 6.45) is 0.783. The van der Waals surface area contributed by atoms with Crippen LogP contribution in [-0.2, 0) is 19.6 Å². The molecule has 1 aromatic rings. The van der Waals surface area contributed by atoms with Crippen LogP contribution < -0.4 is 0 Å². The molecular formula is C17H21FN2O5S. The van der Waals surface area contributed by atoms with Crippen LogP contribution in [0.5, 0.6) is 0 Å². The summed E-state index contributed by atoms with van der Waals surface area (Å²) in [4.78, 5) is 25.0. The molecule has 7 nitrogen and oxygen atoms in total. The van der Waals surface area contributed by atoms with Crippen molar-refractivity contribution in [2.75, 3.05) is 26.2 Å². The molecule has 0 spiro atoms. The van der Waals surface area contributed by atoms with Crippen molar-refractivity contribution in [3.8, 4) is 0 Å². The zero-order chi connectivity index (χ0) is 18.9. The van der Waals surface area contributed by atoms with Crippen molar-refractivity contribution in [2.24, 2.45) is 5.92 Å². The van der Waals surface area contributed by atoms with Gasteiger partial charge < -0.3 is 10.0 Å². The van der Waals surface area contributed by atoms with Crippen LogP contribution in [0.2, 0.25) is 0 Å². The largest absolute Gasteiger partial charge is 0.479 e. The number of alkyl halides is 1. The van der Waals surface area contributed by atoms with Crippen molar-refractivity contribution in [2.45, 2.75) is 29.8 Å². The number of carboxylic acids is 1. The van der Waals surface area contributed by atoms with Gasteiger partial charge in [0, 0.05) is 26.1 Å². The van der Waals surface area contributed by atoms with E-state index < -0.39 is 34.1 Å². The normalized spacial score (nSPS) is 27.4. The summed E-state index contributed by atoms with van der Waals surface area (Å²) >= 11 is 0. The van der Waals surface area contributed by atoms with Crippen LogP contribution in [0.15, 0.2) is 35.2 Å². The Morgan fingerprint density at radius 1 is 1.19 bits per heavy atom. The highest BCUT2D eigenvalue weighted by Crippen LogP contribution is 2.30. The Kier molecular flexibility index (Phi) is 5.03. The average Bonchev–Trinajstić information content (AvgIpc) is 3.06. The molecule has 2 saturated heterocycles. The number of rotatable bonds is 4. The molecule has 26 heavy (non-hydrogen) atoms. The summed E-state index contributed by atoms with van der Waals surface area (Å²) < 4.78 is 40.9. The van der Waals surface area contributed by atoms with Gasteiger partial charge in [0.2, 0.25) is 21.6 Å². The monoisotopic (exact) mass is 384 g/mol. The van der Waals surface area contributed by atoms with Gasteiger partial charge in [0.05, 0.1) is 17.4 Å². The van der Waals surface area contributed by atoms with Gasteiger partial charge in [-0.2, -0.15) is 4.31 Å². The van der Waals surface area contributed by atoms with Crippen molar-refractivity contribution in [1.82, 2.24) is 9.21 Å². The highest BCUT2D eigenvalue weighted by Gasteiger charge is 2.48. The zero-order valence-corrected chi connectivity index (χ0v) is 15.0. The van der Waals surface area contributed by atoms with Crippen molar-refractivity contribution in [1.29, 1.82) is 0 Å². The Balaban J connectivity index is 1.71. The summed E-state index contributed by atoms with van der Waals surface area (Å²) in [7, 11) is -3.69. The minimum Gasteiger partial charge on any atom is -0.479 e. The van der Waals surface area contributed by atoms with E-state index in [2.05, 4.69) is 0 Å². The molecule has 2 atom stereocenters. The van der Waals surface area contributed by atoms with Crippen LogP contribution in [0.25, 0.3) is 0 Å². The fourth-order valence-corrected chi connectivity index (χ4v) is 5.04. The van der Waals surface area contributed by atoms with Gasteiger partial charge >= 0.3 is 5.97 Å². The van der Waals surface area contributed by atoms with E-state index in [4.69, 9.17) is 5.11 Å². The first-order valence-corrected chi connectivity index (χ1v) is 9.94. The maximum absolute atomic E-state index is 14.2. The molecule has 1 aromatic carbocycles. The number of carboxylic acid groups (broad SMARTS) is 1. The van der Waals surface area contributed by atoms with E-state index in [1.54, 1.807) is 18.2 Å². The second kappa shape index (κ2) is 6.96. The van der Waals surface area contributed by atoms with Crippen molar-refractivity contribution in [3.05, 3.63) is 30.3 Å². The van der Waals surface area contributed by atoms with E-state index in [0.29, 0.717) is 19.4 Å². The Labute approximate surface area is 151 Å². The lowest BCUT2D eigenvalue weighted by Crippen LogP contribution is -2.47. The molecule has 1 N–H and O–H groups in total. The molecule has 2 unspecified atom stereocenters. The molecule has 2 aliphatic heterocycles. The summed E-state index contributed by atoms with van der Waals surface area (Å²) in [5.41, 5.74) is -2.42. The number of sulfonamides is 1.